The Morgan fingerprint density at radius 2 is 2.05 bits per heavy atom. The van der Waals surface area contributed by atoms with Crippen LogP contribution in [0.1, 0.15) is 42.7 Å². The van der Waals surface area contributed by atoms with Crippen LogP contribution in [0.2, 0.25) is 0 Å². The third-order valence-electron chi connectivity index (χ3n) is 3.36. The molecular formula is C13H19NO6S. The molecule has 1 aromatic heterocycles. The summed E-state index contributed by atoms with van der Waals surface area (Å²) in [5, 5.41) is 8.29. The van der Waals surface area contributed by atoms with Crippen LogP contribution < -0.4 is 4.72 Å². The summed E-state index contributed by atoms with van der Waals surface area (Å²) < 4.78 is 36.4. The Labute approximate surface area is 123 Å². The number of hydrogen-bond donors (Lipinski definition) is 2. The van der Waals surface area contributed by atoms with E-state index in [1.165, 1.54) is 6.42 Å². The van der Waals surface area contributed by atoms with E-state index < -0.39 is 26.8 Å². The lowest BCUT2D eigenvalue weighted by Gasteiger charge is -2.21. The van der Waals surface area contributed by atoms with E-state index in [2.05, 4.69) is 4.72 Å². The largest absolute Gasteiger partial charge is 0.475 e. The van der Waals surface area contributed by atoms with E-state index in [1.807, 2.05) is 0 Å². The van der Waals surface area contributed by atoms with Gasteiger partial charge in [0.15, 0.2) is 0 Å². The molecule has 7 nitrogen and oxygen atoms in total. The fourth-order valence-electron chi connectivity index (χ4n) is 2.28. The maximum absolute atomic E-state index is 11.9. The van der Waals surface area contributed by atoms with E-state index in [0.717, 1.165) is 37.8 Å². The molecule has 0 unspecified atom stereocenters. The monoisotopic (exact) mass is 317 g/mol. The summed E-state index contributed by atoms with van der Waals surface area (Å²) >= 11 is 0. The van der Waals surface area contributed by atoms with Crippen LogP contribution in [-0.4, -0.2) is 38.7 Å². The Bertz CT molecular complexity index is 573. The molecule has 0 radical (unpaired) electrons. The number of rotatable bonds is 7. The van der Waals surface area contributed by atoms with Crippen molar-refractivity contribution in [2.75, 3.05) is 13.2 Å². The van der Waals surface area contributed by atoms with Gasteiger partial charge in [0.2, 0.25) is 10.9 Å². The Morgan fingerprint density at radius 3 is 2.67 bits per heavy atom. The number of ether oxygens (including phenoxy) is 1. The second-order valence-corrected chi connectivity index (χ2v) is 6.65. The first-order chi connectivity index (χ1) is 9.99. The van der Waals surface area contributed by atoms with Crippen LogP contribution in [0.3, 0.4) is 0 Å². The first-order valence-electron chi connectivity index (χ1n) is 6.93. The normalized spacial score (nSPS) is 17.0. The van der Waals surface area contributed by atoms with Crippen molar-refractivity contribution in [3.8, 4) is 0 Å². The summed E-state index contributed by atoms with van der Waals surface area (Å²) in [7, 11) is -3.84. The molecule has 0 aromatic carbocycles. The van der Waals surface area contributed by atoms with Crippen LogP contribution >= 0.6 is 0 Å². The van der Waals surface area contributed by atoms with Gasteiger partial charge >= 0.3 is 5.97 Å². The average Bonchev–Trinajstić information content (AvgIpc) is 2.96. The van der Waals surface area contributed by atoms with Crippen molar-refractivity contribution < 1.29 is 27.5 Å². The third kappa shape index (κ3) is 4.55. The third-order valence-corrected chi connectivity index (χ3v) is 4.69. The summed E-state index contributed by atoms with van der Waals surface area (Å²) in [6, 6.07) is 2.23. The summed E-state index contributed by atoms with van der Waals surface area (Å²) in [6.07, 6.45) is 5.79. The quantitative estimate of drug-likeness (QED) is 0.740. The highest BCUT2D eigenvalue weighted by atomic mass is 32.2. The molecule has 0 bridgehead atoms. The van der Waals surface area contributed by atoms with E-state index in [-0.39, 0.29) is 19.3 Å². The van der Waals surface area contributed by atoms with E-state index in [4.69, 9.17) is 14.3 Å². The Balaban J connectivity index is 1.79. The Kier molecular flexibility index (Phi) is 5.38. The van der Waals surface area contributed by atoms with Crippen molar-refractivity contribution in [3.63, 3.8) is 0 Å². The summed E-state index contributed by atoms with van der Waals surface area (Å²) in [6.45, 7) is 0.415. The number of furan rings is 1. The molecule has 1 fully saturated rings. The Hall–Kier alpha value is -1.38. The van der Waals surface area contributed by atoms with Crippen LogP contribution in [-0.2, 0) is 14.8 Å². The van der Waals surface area contributed by atoms with Crippen molar-refractivity contribution in [1.29, 1.82) is 0 Å². The number of carboxylic acid groups (broad SMARTS) is 1. The van der Waals surface area contributed by atoms with E-state index in [9.17, 15) is 13.2 Å². The van der Waals surface area contributed by atoms with Crippen LogP contribution in [0.15, 0.2) is 21.6 Å². The molecule has 1 aromatic rings. The lowest BCUT2D eigenvalue weighted by molar-refractivity contribution is 0.0320. The molecule has 1 heterocycles. The summed E-state index contributed by atoms with van der Waals surface area (Å²) in [5.74, 6) is -1.72. The minimum absolute atomic E-state index is 0.127. The van der Waals surface area contributed by atoms with Gasteiger partial charge in [0.05, 0.1) is 12.7 Å². The number of hydrogen-bond acceptors (Lipinski definition) is 5. The van der Waals surface area contributed by atoms with Gasteiger partial charge in [0.1, 0.15) is 0 Å². The molecular weight excluding hydrogens is 298 g/mol. The highest BCUT2D eigenvalue weighted by molar-refractivity contribution is 7.89. The molecule has 118 valence electrons. The topological polar surface area (TPSA) is 106 Å². The smallest absolute Gasteiger partial charge is 0.371 e. The molecule has 21 heavy (non-hydrogen) atoms. The summed E-state index contributed by atoms with van der Waals surface area (Å²) in [5.41, 5.74) is 0. The minimum atomic E-state index is -3.84. The number of sulfonamides is 1. The lowest BCUT2D eigenvalue weighted by Crippen LogP contribution is -2.29. The second-order valence-electron chi connectivity index (χ2n) is 4.95. The van der Waals surface area contributed by atoms with E-state index in [1.54, 1.807) is 0 Å². The molecule has 0 atom stereocenters. The van der Waals surface area contributed by atoms with Crippen molar-refractivity contribution in [2.45, 2.75) is 43.3 Å². The predicted octanol–water partition coefficient (Wildman–Crippen LogP) is 1.61. The number of carbonyl (C=O) groups is 1. The van der Waals surface area contributed by atoms with Crippen molar-refractivity contribution in [2.24, 2.45) is 0 Å². The van der Waals surface area contributed by atoms with Gasteiger partial charge in [-0.3, -0.25) is 0 Å². The van der Waals surface area contributed by atoms with Crippen molar-refractivity contribution >= 4 is 16.0 Å². The van der Waals surface area contributed by atoms with E-state index in [0.29, 0.717) is 0 Å². The lowest BCUT2D eigenvalue weighted by atomic mass is 9.98. The highest BCUT2D eigenvalue weighted by Gasteiger charge is 2.21. The van der Waals surface area contributed by atoms with Gasteiger partial charge in [0.25, 0.3) is 10.0 Å². The molecule has 0 aliphatic heterocycles. The second kappa shape index (κ2) is 7.06. The fraction of sp³-hybridized carbons (Fsp3) is 0.615. The Morgan fingerprint density at radius 1 is 1.33 bits per heavy atom. The van der Waals surface area contributed by atoms with Crippen LogP contribution in [0.5, 0.6) is 0 Å². The molecule has 2 N–H and O–H groups in total. The van der Waals surface area contributed by atoms with Gasteiger partial charge in [-0.05, 0) is 25.0 Å². The highest BCUT2D eigenvalue weighted by Crippen LogP contribution is 2.20. The van der Waals surface area contributed by atoms with Crippen LogP contribution in [0.4, 0.5) is 0 Å². The fourth-order valence-corrected chi connectivity index (χ4v) is 3.23. The molecule has 2 rings (SSSR count). The summed E-state index contributed by atoms with van der Waals surface area (Å²) in [4.78, 5) is 10.6. The first-order valence-corrected chi connectivity index (χ1v) is 8.42. The van der Waals surface area contributed by atoms with Crippen molar-refractivity contribution in [3.05, 3.63) is 17.9 Å². The molecule has 8 heteroatoms. The van der Waals surface area contributed by atoms with Gasteiger partial charge in [-0.25, -0.2) is 17.9 Å². The van der Waals surface area contributed by atoms with Crippen LogP contribution in [0, 0.1) is 0 Å². The minimum Gasteiger partial charge on any atom is -0.475 e. The zero-order valence-electron chi connectivity index (χ0n) is 11.6. The predicted molar refractivity (Wildman–Crippen MR) is 73.7 cm³/mol. The zero-order chi connectivity index (χ0) is 15.3. The van der Waals surface area contributed by atoms with Gasteiger partial charge < -0.3 is 14.3 Å². The van der Waals surface area contributed by atoms with Crippen molar-refractivity contribution in [1.82, 2.24) is 4.72 Å². The molecule has 1 aliphatic carbocycles. The number of nitrogens with one attached hydrogen (secondary N) is 1. The van der Waals surface area contributed by atoms with Crippen LogP contribution in [0.25, 0.3) is 0 Å². The maximum Gasteiger partial charge on any atom is 0.371 e. The average molecular weight is 317 g/mol. The zero-order valence-corrected chi connectivity index (χ0v) is 12.4. The van der Waals surface area contributed by atoms with E-state index >= 15 is 0 Å². The number of carboxylic acids is 1. The molecule has 1 saturated carbocycles. The first kappa shape index (κ1) is 16.0. The number of aromatic carboxylic acids is 1. The molecule has 0 saturated heterocycles. The standard InChI is InChI=1S/C13H19NO6S/c15-13(16)11-6-7-12(20-11)21(17,18)14-8-9-19-10-4-2-1-3-5-10/h6-7,10,14H,1-5,8-9H2,(H,15,16). The van der Waals surface area contributed by atoms with Gasteiger partial charge in [0, 0.05) is 6.54 Å². The SMILES string of the molecule is O=C(O)c1ccc(S(=O)(=O)NCCOC2CCCCC2)o1. The molecule has 0 amide bonds. The van der Waals surface area contributed by atoms with Gasteiger partial charge in [-0.1, -0.05) is 19.3 Å². The maximum atomic E-state index is 11.9. The van der Waals surface area contributed by atoms with Gasteiger partial charge in [-0.15, -0.1) is 0 Å². The van der Waals surface area contributed by atoms with Gasteiger partial charge in [-0.2, -0.15) is 0 Å². The molecule has 1 aliphatic rings. The molecule has 0 spiro atoms.